The van der Waals surface area contributed by atoms with Crippen molar-refractivity contribution in [3.63, 3.8) is 0 Å². The number of benzene rings is 2. The first-order valence-electron chi connectivity index (χ1n) is 8.76. The van der Waals surface area contributed by atoms with Crippen molar-refractivity contribution in [1.29, 1.82) is 0 Å². The van der Waals surface area contributed by atoms with E-state index in [4.69, 9.17) is 27.9 Å². The van der Waals surface area contributed by atoms with Crippen molar-refractivity contribution in [1.82, 2.24) is 14.8 Å². The molecule has 0 radical (unpaired) electrons. The van der Waals surface area contributed by atoms with Gasteiger partial charge in [0.2, 0.25) is 5.95 Å². The summed E-state index contributed by atoms with van der Waals surface area (Å²) in [5, 5.41) is 11.3. The molecule has 0 saturated carbocycles. The van der Waals surface area contributed by atoms with E-state index in [-0.39, 0.29) is 5.91 Å². The largest absolute Gasteiger partial charge is 0.495 e. The topological polar surface area (TPSA) is 81.1 Å². The molecule has 0 spiro atoms. The van der Waals surface area contributed by atoms with Crippen molar-refractivity contribution in [3.05, 3.63) is 75.7 Å². The highest BCUT2D eigenvalue weighted by Crippen LogP contribution is 2.39. The third-order valence-corrected chi connectivity index (χ3v) is 5.21. The number of rotatable bonds is 4. The Kier molecular flexibility index (Phi) is 5.17. The molecule has 1 amide bonds. The van der Waals surface area contributed by atoms with Gasteiger partial charge in [0.25, 0.3) is 5.91 Å². The number of methoxy groups -OCH3 is 1. The van der Waals surface area contributed by atoms with E-state index in [0.29, 0.717) is 44.3 Å². The Hall–Kier alpha value is -3.03. The second-order valence-electron chi connectivity index (χ2n) is 6.41. The molecule has 1 aliphatic heterocycles. The molecule has 1 aromatic heterocycles. The molecule has 1 atom stereocenters. The molecule has 0 saturated heterocycles. The van der Waals surface area contributed by atoms with Gasteiger partial charge in [-0.15, -0.1) is 0 Å². The summed E-state index contributed by atoms with van der Waals surface area (Å²) < 4.78 is 6.96. The number of hydrogen-bond acceptors (Lipinski definition) is 5. The van der Waals surface area contributed by atoms with Crippen LogP contribution in [-0.2, 0) is 4.79 Å². The summed E-state index contributed by atoms with van der Waals surface area (Å²) in [6.45, 7) is 1.81. The number of hydrogen-bond donors (Lipinski definition) is 2. The molecular formula is C20H17Cl2N5O2. The van der Waals surface area contributed by atoms with E-state index in [1.807, 2.05) is 19.1 Å². The monoisotopic (exact) mass is 429 g/mol. The summed E-state index contributed by atoms with van der Waals surface area (Å²) in [5.74, 6) is 0.773. The van der Waals surface area contributed by atoms with Gasteiger partial charge in [0.05, 0.1) is 18.4 Å². The van der Waals surface area contributed by atoms with Gasteiger partial charge in [0.1, 0.15) is 18.1 Å². The van der Waals surface area contributed by atoms with Crippen molar-refractivity contribution in [2.45, 2.75) is 13.0 Å². The molecule has 4 rings (SSSR count). The summed E-state index contributed by atoms with van der Waals surface area (Å²) in [6.07, 6.45) is 1.42. The molecule has 0 fully saturated rings. The van der Waals surface area contributed by atoms with Gasteiger partial charge in [-0.1, -0.05) is 41.4 Å². The maximum atomic E-state index is 13.3. The fraction of sp³-hybridized carbons (Fsp3) is 0.150. The highest BCUT2D eigenvalue weighted by Gasteiger charge is 2.34. The smallest absolute Gasteiger partial charge is 0.255 e. The summed E-state index contributed by atoms with van der Waals surface area (Å²) in [7, 11) is 1.55. The summed E-state index contributed by atoms with van der Waals surface area (Å²) in [6, 6.07) is 11.8. The molecule has 0 aliphatic carbocycles. The molecule has 148 valence electrons. The molecule has 1 aliphatic rings. The summed E-state index contributed by atoms with van der Waals surface area (Å²) in [4.78, 5) is 17.6. The van der Waals surface area contributed by atoms with E-state index in [9.17, 15) is 4.79 Å². The van der Waals surface area contributed by atoms with Crippen LogP contribution < -0.4 is 15.4 Å². The van der Waals surface area contributed by atoms with Crippen LogP contribution in [0, 0.1) is 0 Å². The van der Waals surface area contributed by atoms with Gasteiger partial charge in [-0.2, -0.15) is 10.1 Å². The van der Waals surface area contributed by atoms with Gasteiger partial charge in [0, 0.05) is 21.3 Å². The van der Waals surface area contributed by atoms with Crippen molar-refractivity contribution in [2.75, 3.05) is 17.7 Å². The van der Waals surface area contributed by atoms with Crippen LogP contribution in [0.25, 0.3) is 0 Å². The van der Waals surface area contributed by atoms with Crippen LogP contribution in [0.1, 0.15) is 18.5 Å². The molecule has 29 heavy (non-hydrogen) atoms. The maximum absolute atomic E-state index is 13.3. The van der Waals surface area contributed by atoms with Crippen LogP contribution in [0.3, 0.4) is 0 Å². The predicted octanol–water partition coefficient (Wildman–Crippen LogP) is 4.52. The van der Waals surface area contributed by atoms with E-state index in [0.717, 1.165) is 0 Å². The Labute approximate surface area is 177 Å². The number of halogens is 2. The highest BCUT2D eigenvalue weighted by molar-refractivity contribution is 6.35. The van der Waals surface area contributed by atoms with Crippen molar-refractivity contribution >= 4 is 40.7 Å². The molecule has 7 nitrogen and oxygen atoms in total. The number of para-hydroxylation sites is 2. The Morgan fingerprint density at radius 3 is 2.79 bits per heavy atom. The number of amides is 1. The van der Waals surface area contributed by atoms with E-state index in [1.54, 1.807) is 42.1 Å². The number of carbonyl (C=O) groups excluding carboxylic acids is 1. The SMILES string of the molecule is COc1ccccc1NC(=O)C1=C(C)Nc2ncnn2C1c1ccc(Cl)cc1Cl. The molecule has 2 heterocycles. The lowest BCUT2D eigenvalue weighted by atomic mass is 9.95. The van der Waals surface area contributed by atoms with E-state index in [2.05, 4.69) is 20.7 Å². The first-order valence-corrected chi connectivity index (χ1v) is 9.51. The number of nitrogens with one attached hydrogen (secondary N) is 2. The van der Waals surface area contributed by atoms with Gasteiger partial charge in [0.15, 0.2) is 0 Å². The lowest BCUT2D eigenvalue weighted by Gasteiger charge is -2.29. The number of anilines is 2. The van der Waals surface area contributed by atoms with Crippen LogP contribution >= 0.6 is 23.2 Å². The van der Waals surface area contributed by atoms with Crippen LogP contribution in [0.5, 0.6) is 5.75 Å². The summed E-state index contributed by atoms with van der Waals surface area (Å²) >= 11 is 12.5. The molecule has 0 bridgehead atoms. The molecule has 9 heteroatoms. The maximum Gasteiger partial charge on any atom is 0.255 e. The van der Waals surface area contributed by atoms with Gasteiger partial charge in [-0.25, -0.2) is 4.68 Å². The highest BCUT2D eigenvalue weighted by atomic mass is 35.5. The normalized spacial score (nSPS) is 15.5. The lowest BCUT2D eigenvalue weighted by Crippen LogP contribution is -2.31. The zero-order valence-electron chi connectivity index (χ0n) is 15.6. The number of ether oxygens (including phenoxy) is 1. The number of fused-ring (bicyclic) bond motifs is 1. The molecular weight excluding hydrogens is 413 g/mol. The van der Waals surface area contributed by atoms with Crippen LogP contribution in [0.15, 0.2) is 60.1 Å². The molecule has 3 aromatic rings. The van der Waals surface area contributed by atoms with E-state index in [1.165, 1.54) is 6.33 Å². The van der Waals surface area contributed by atoms with Crippen LogP contribution in [0.4, 0.5) is 11.6 Å². The first kappa shape index (κ1) is 19.3. The van der Waals surface area contributed by atoms with Crippen molar-refractivity contribution in [2.24, 2.45) is 0 Å². The van der Waals surface area contributed by atoms with Gasteiger partial charge in [-0.05, 0) is 31.2 Å². The van der Waals surface area contributed by atoms with E-state index >= 15 is 0 Å². The van der Waals surface area contributed by atoms with Crippen LogP contribution in [0.2, 0.25) is 10.0 Å². The molecule has 2 N–H and O–H groups in total. The second kappa shape index (κ2) is 7.77. The lowest BCUT2D eigenvalue weighted by molar-refractivity contribution is -0.113. The minimum Gasteiger partial charge on any atom is -0.495 e. The third-order valence-electron chi connectivity index (χ3n) is 4.65. The predicted molar refractivity (Wildman–Crippen MR) is 113 cm³/mol. The number of carbonyl (C=O) groups is 1. The third kappa shape index (κ3) is 3.54. The minimum atomic E-state index is -0.576. The second-order valence-corrected chi connectivity index (χ2v) is 7.26. The number of aromatic nitrogens is 3. The quantitative estimate of drug-likeness (QED) is 0.636. The number of nitrogens with zero attached hydrogens (tertiary/aromatic N) is 3. The first-order chi connectivity index (χ1) is 14.0. The Morgan fingerprint density at radius 1 is 1.24 bits per heavy atom. The zero-order chi connectivity index (χ0) is 20.5. The Balaban J connectivity index is 1.80. The average molecular weight is 430 g/mol. The van der Waals surface area contributed by atoms with Crippen LogP contribution in [-0.4, -0.2) is 27.8 Å². The van der Waals surface area contributed by atoms with E-state index < -0.39 is 6.04 Å². The Morgan fingerprint density at radius 2 is 2.03 bits per heavy atom. The van der Waals surface area contributed by atoms with Gasteiger partial charge >= 0.3 is 0 Å². The van der Waals surface area contributed by atoms with Crippen molar-refractivity contribution in [3.8, 4) is 5.75 Å². The van der Waals surface area contributed by atoms with Gasteiger partial charge in [-0.3, -0.25) is 4.79 Å². The zero-order valence-corrected chi connectivity index (χ0v) is 17.1. The standard InChI is InChI=1S/C20H17Cl2N5O2/c1-11-17(19(28)26-15-5-3-4-6-16(15)29-2)18(27-20(25-11)23-10-24-27)13-8-7-12(21)9-14(13)22/h3-10,18H,1-2H3,(H,26,28)(H,23,24,25). The average Bonchev–Trinajstić information content (AvgIpc) is 3.15. The summed E-state index contributed by atoms with van der Waals surface area (Å²) in [5.41, 5.74) is 2.35. The minimum absolute atomic E-state index is 0.309. The van der Waals surface area contributed by atoms with Crippen molar-refractivity contribution < 1.29 is 9.53 Å². The Bertz CT molecular complexity index is 1130. The molecule has 1 unspecified atom stereocenters. The van der Waals surface area contributed by atoms with Gasteiger partial charge < -0.3 is 15.4 Å². The fourth-order valence-electron chi connectivity index (χ4n) is 3.33. The molecule has 2 aromatic carbocycles. The fourth-order valence-corrected chi connectivity index (χ4v) is 3.85. The number of allylic oxidation sites excluding steroid dienone is 1.